The summed E-state index contributed by atoms with van der Waals surface area (Å²) in [5.74, 6) is -0.142. The minimum atomic E-state index is -3.95. The van der Waals surface area contributed by atoms with Crippen LogP contribution in [0.5, 0.6) is 0 Å². The lowest BCUT2D eigenvalue weighted by molar-refractivity contribution is 0.176. The Hall–Kier alpha value is -4.22. The fourth-order valence-electron chi connectivity index (χ4n) is 4.10. The van der Waals surface area contributed by atoms with Gasteiger partial charge in [0.1, 0.15) is 5.84 Å². The van der Waals surface area contributed by atoms with E-state index in [1.165, 1.54) is 18.1 Å². The van der Waals surface area contributed by atoms with Gasteiger partial charge in [-0.2, -0.15) is 0 Å². The van der Waals surface area contributed by atoms with Crippen molar-refractivity contribution in [1.82, 2.24) is 5.32 Å². The van der Waals surface area contributed by atoms with Crippen LogP contribution in [-0.4, -0.2) is 44.2 Å². The molecule has 37 heavy (non-hydrogen) atoms. The van der Waals surface area contributed by atoms with Crippen LogP contribution in [0.3, 0.4) is 0 Å². The number of nitrogens with one attached hydrogen (secondary N) is 2. The third kappa shape index (κ3) is 6.51. The molecule has 11 heteroatoms. The number of rotatable bonds is 7. The van der Waals surface area contributed by atoms with Gasteiger partial charge in [-0.05, 0) is 55.7 Å². The van der Waals surface area contributed by atoms with Crippen LogP contribution in [0.4, 0.5) is 15.3 Å². The second-order valence-corrected chi connectivity index (χ2v) is 10.4. The molecule has 0 heterocycles. The number of carbonyl (C=O) groups is 2. The van der Waals surface area contributed by atoms with Crippen molar-refractivity contribution in [2.24, 2.45) is 5.14 Å². The molecule has 0 aliphatic carbocycles. The Balaban J connectivity index is 1.90. The predicted molar refractivity (Wildman–Crippen MR) is 140 cm³/mol. The number of amides is 2. The molecule has 0 saturated heterocycles. The summed E-state index contributed by atoms with van der Waals surface area (Å²) in [4.78, 5) is 25.0. The van der Waals surface area contributed by atoms with E-state index in [2.05, 4.69) is 10.1 Å². The monoisotopic (exact) mass is 524 g/mol. The molecule has 2 amide bonds. The fourth-order valence-corrected chi connectivity index (χ4v) is 4.86. The molecular weight excluding hydrogens is 496 g/mol. The summed E-state index contributed by atoms with van der Waals surface area (Å²) >= 11 is 0. The van der Waals surface area contributed by atoms with E-state index in [0.717, 1.165) is 5.56 Å². The SMILES string of the molecule is COC(=O)NC(=N)c1cccc(CC(C)(C)N(C(=O)O)c2ccc(-c3ccccc3S(N)(=O)=O)cc2)c1. The number of hydrogen-bond donors (Lipinski definition) is 4. The quantitative estimate of drug-likeness (QED) is 0.267. The first kappa shape index (κ1) is 27.4. The predicted octanol–water partition coefficient (Wildman–Crippen LogP) is 4.19. The summed E-state index contributed by atoms with van der Waals surface area (Å²) in [7, 11) is -2.75. The summed E-state index contributed by atoms with van der Waals surface area (Å²) in [6.07, 6.45) is -1.63. The van der Waals surface area contributed by atoms with Crippen LogP contribution in [0.2, 0.25) is 0 Å². The van der Waals surface area contributed by atoms with E-state index in [-0.39, 0.29) is 10.7 Å². The Morgan fingerprint density at radius 3 is 2.30 bits per heavy atom. The molecule has 0 atom stereocenters. The summed E-state index contributed by atoms with van der Waals surface area (Å²) < 4.78 is 28.5. The molecule has 10 nitrogen and oxygen atoms in total. The average Bonchev–Trinajstić information content (AvgIpc) is 2.83. The largest absolute Gasteiger partial charge is 0.465 e. The molecule has 5 N–H and O–H groups in total. The summed E-state index contributed by atoms with van der Waals surface area (Å²) in [6, 6.07) is 19.7. The summed E-state index contributed by atoms with van der Waals surface area (Å²) in [5, 5.41) is 25.8. The lowest BCUT2D eigenvalue weighted by atomic mass is 9.91. The smallest absolute Gasteiger partial charge is 0.412 e. The highest BCUT2D eigenvalue weighted by atomic mass is 32.2. The molecule has 0 saturated carbocycles. The van der Waals surface area contributed by atoms with Crippen LogP contribution in [0, 0.1) is 5.41 Å². The van der Waals surface area contributed by atoms with Gasteiger partial charge in [0.25, 0.3) is 0 Å². The number of methoxy groups -OCH3 is 1. The van der Waals surface area contributed by atoms with Crippen molar-refractivity contribution in [2.45, 2.75) is 30.7 Å². The first-order valence-electron chi connectivity index (χ1n) is 11.1. The van der Waals surface area contributed by atoms with Crippen LogP contribution in [0.25, 0.3) is 11.1 Å². The van der Waals surface area contributed by atoms with Crippen molar-refractivity contribution < 1.29 is 27.9 Å². The van der Waals surface area contributed by atoms with Gasteiger partial charge >= 0.3 is 12.2 Å². The number of anilines is 1. The number of ether oxygens (including phenoxy) is 1. The van der Waals surface area contributed by atoms with Crippen molar-refractivity contribution in [3.63, 3.8) is 0 Å². The van der Waals surface area contributed by atoms with Gasteiger partial charge in [-0.1, -0.05) is 48.5 Å². The van der Waals surface area contributed by atoms with E-state index < -0.39 is 27.7 Å². The number of nitrogens with two attached hydrogens (primary N) is 1. The highest BCUT2D eigenvalue weighted by Crippen LogP contribution is 2.32. The molecule has 0 aromatic heterocycles. The first-order chi connectivity index (χ1) is 17.3. The molecule has 0 aliphatic heterocycles. The molecule has 3 aromatic rings. The van der Waals surface area contributed by atoms with Gasteiger partial charge in [-0.15, -0.1) is 0 Å². The maximum atomic E-state index is 12.3. The Morgan fingerprint density at radius 2 is 1.70 bits per heavy atom. The maximum Gasteiger partial charge on any atom is 0.412 e. The number of carboxylic acid groups (broad SMARTS) is 1. The molecule has 0 bridgehead atoms. The molecule has 3 aromatic carbocycles. The Bertz CT molecular complexity index is 1440. The molecule has 194 valence electrons. The number of nitrogens with zero attached hydrogens (tertiary/aromatic N) is 1. The van der Waals surface area contributed by atoms with Crippen molar-refractivity contribution in [3.8, 4) is 11.1 Å². The second kappa shape index (κ2) is 10.8. The van der Waals surface area contributed by atoms with Gasteiger partial charge in [-0.3, -0.25) is 15.6 Å². The average molecular weight is 525 g/mol. The van der Waals surface area contributed by atoms with Crippen LogP contribution < -0.4 is 15.4 Å². The molecule has 0 unspecified atom stereocenters. The van der Waals surface area contributed by atoms with Gasteiger partial charge in [0, 0.05) is 22.4 Å². The molecule has 0 aliphatic rings. The topological polar surface area (TPSA) is 163 Å². The number of sulfonamides is 1. The van der Waals surface area contributed by atoms with E-state index >= 15 is 0 Å². The number of benzene rings is 3. The standard InChI is InChI=1S/C26H28N4O6S/c1-26(2,16-17-7-6-8-19(15-17)23(27)29-24(31)36-3)30(25(32)33)20-13-11-18(12-14-20)21-9-4-5-10-22(21)37(28,34)35/h4-15H,16H2,1-3H3,(H,32,33)(H2,27,29,31)(H2,28,34,35). The maximum absolute atomic E-state index is 12.3. The first-order valence-corrected chi connectivity index (χ1v) is 12.7. The van der Waals surface area contributed by atoms with Gasteiger partial charge in [0.05, 0.1) is 12.0 Å². The highest BCUT2D eigenvalue weighted by molar-refractivity contribution is 7.89. The zero-order valence-corrected chi connectivity index (χ0v) is 21.4. The van der Waals surface area contributed by atoms with Gasteiger partial charge in [0.2, 0.25) is 10.0 Å². The van der Waals surface area contributed by atoms with Gasteiger partial charge < -0.3 is 9.84 Å². The zero-order chi connectivity index (χ0) is 27.4. The van der Waals surface area contributed by atoms with E-state index in [0.29, 0.717) is 28.8 Å². The molecule has 0 spiro atoms. The second-order valence-electron chi connectivity index (χ2n) is 8.89. The number of amidine groups is 1. The third-order valence-corrected chi connectivity index (χ3v) is 6.66. The summed E-state index contributed by atoms with van der Waals surface area (Å²) in [6.45, 7) is 3.55. The molecule has 3 rings (SSSR count). The third-order valence-electron chi connectivity index (χ3n) is 5.69. The van der Waals surface area contributed by atoms with Crippen molar-refractivity contribution in [3.05, 3.63) is 83.9 Å². The minimum Gasteiger partial charge on any atom is -0.465 e. The lowest BCUT2D eigenvalue weighted by Crippen LogP contribution is -2.49. The van der Waals surface area contributed by atoms with Crippen LogP contribution >= 0.6 is 0 Å². The van der Waals surface area contributed by atoms with Crippen molar-refractivity contribution in [2.75, 3.05) is 12.0 Å². The van der Waals surface area contributed by atoms with E-state index in [9.17, 15) is 23.1 Å². The van der Waals surface area contributed by atoms with Crippen LogP contribution in [0.1, 0.15) is 25.0 Å². The number of primary sulfonamides is 1. The number of carbonyl (C=O) groups excluding carboxylic acids is 1. The number of alkyl carbamates (subject to hydrolysis) is 1. The molecule has 0 radical (unpaired) electrons. The van der Waals surface area contributed by atoms with E-state index in [4.69, 9.17) is 10.5 Å². The zero-order valence-electron chi connectivity index (χ0n) is 20.6. The highest BCUT2D eigenvalue weighted by Gasteiger charge is 2.33. The lowest BCUT2D eigenvalue weighted by Gasteiger charge is -2.37. The Labute approximate surface area is 215 Å². The van der Waals surface area contributed by atoms with Gasteiger partial charge in [-0.25, -0.2) is 23.1 Å². The van der Waals surface area contributed by atoms with Crippen LogP contribution in [0.15, 0.2) is 77.7 Å². The summed E-state index contributed by atoms with van der Waals surface area (Å²) in [5.41, 5.74) is 1.66. The van der Waals surface area contributed by atoms with Crippen molar-refractivity contribution in [1.29, 1.82) is 5.41 Å². The van der Waals surface area contributed by atoms with Crippen LogP contribution in [-0.2, 0) is 21.2 Å². The fraction of sp³-hybridized carbons (Fsp3) is 0.192. The molecular formula is C26H28N4O6S. The normalized spacial score (nSPS) is 11.5. The van der Waals surface area contributed by atoms with E-state index in [1.807, 2.05) is 6.07 Å². The number of hydrogen-bond acceptors (Lipinski definition) is 6. The Kier molecular flexibility index (Phi) is 7.99. The molecule has 0 fully saturated rings. The Morgan fingerprint density at radius 1 is 1.05 bits per heavy atom. The van der Waals surface area contributed by atoms with Crippen molar-refractivity contribution >= 4 is 33.7 Å². The van der Waals surface area contributed by atoms with Gasteiger partial charge in [0.15, 0.2) is 0 Å². The van der Waals surface area contributed by atoms with E-state index in [1.54, 1.807) is 74.5 Å². The minimum absolute atomic E-state index is 0.0229.